The number of hydrogen-bond acceptors (Lipinski definition) is 5. The lowest BCUT2D eigenvalue weighted by Gasteiger charge is -2.45. The molecule has 1 spiro atoms. The number of carboxylic acid groups (broad SMARTS) is 1. The maximum atomic E-state index is 13.5. The zero-order valence-corrected chi connectivity index (χ0v) is 22.6. The van der Waals surface area contributed by atoms with E-state index < -0.39 is 42.0 Å². The molecular weight excluding hydrogens is 560 g/mol. The SMILES string of the molecule is Cc1ccc(CN2CCCC23CCN(C(=O)OC(C(F)(F)F)C(F)(F)F)CC3)c(C(=O)N2CCC(C(=O)O)CC2)c1. The van der Waals surface area contributed by atoms with Gasteiger partial charge in [-0.15, -0.1) is 0 Å². The average molecular weight is 594 g/mol. The third-order valence-electron chi connectivity index (χ3n) is 8.49. The van der Waals surface area contributed by atoms with Gasteiger partial charge in [-0.2, -0.15) is 26.3 Å². The van der Waals surface area contributed by atoms with Crippen molar-refractivity contribution in [2.24, 2.45) is 5.92 Å². The molecule has 0 saturated carbocycles. The molecule has 0 unspecified atom stereocenters. The summed E-state index contributed by atoms with van der Waals surface area (Å²) >= 11 is 0. The fourth-order valence-electron chi connectivity index (χ4n) is 6.14. The summed E-state index contributed by atoms with van der Waals surface area (Å²) in [4.78, 5) is 41.8. The minimum Gasteiger partial charge on any atom is -0.481 e. The minimum atomic E-state index is -5.78. The van der Waals surface area contributed by atoms with Gasteiger partial charge in [-0.1, -0.05) is 17.7 Å². The highest BCUT2D eigenvalue weighted by molar-refractivity contribution is 5.96. The normalized spacial score (nSPS) is 20.6. The van der Waals surface area contributed by atoms with Gasteiger partial charge in [0, 0.05) is 43.8 Å². The van der Waals surface area contributed by atoms with Crippen LogP contribution in [0.1, 0.15) is 60.0 Å². The zero-order valence-electron chi connectivity index (χ0n) is 22.6. The molecule has 1 N–H and O–H groups in total. The number of rotatable bonds is 5. The second kappa shape index (κ2) is 11.7. The van der Waals surface area contributed by atoms with Crippen molar-refractivity contribution in [1.29, 1.82) is 0 Å². The quantitative estimate of drug-likeness (QED) is 0.484. The van der Waals surface area contributed by atoms with Gasteiger partial charge in [0.2, 0.25) is 0 Å². The van der Waals surface area contributed by atoms with Crippen LogP contribution in [0.5, 0.6) is 0 Å². The number of hydrogen-bond donors (Lipinski definition) is 1. The van der Waals surface area contributed by atoms with E-state index in [1.807, 2.05) is 19.1 Å². The van der Waals surface area contributed by atoms with Crippen LogP contribution in [0.15, 0.2) is 18.2 Å². The van der Waals surface area contributed by atoms with Crippen LogP contribution in [-0.2, 0) is 16.1 Å². The Labute approximate surface area is 233 Å². The predicted molar refractivity (Wildman–Crippen MR) is 133 cm³/mol. The van der Waals surface area contributed by atoms with Crippen LogP contribution in [0.2, 0.25) is 0 Å². The Morgan fingerprint density at radius 3 is 2.12 bits per heavy atom. The van der Waals surface area contributed by atoms with E-state index >= 15 is 0 Å². The summed E-state index contributed by atoms with van der Waals surface area (Å²) in [6.07, 6.45) is -14.4. The summed E-state index contributed by atoms with van der Waals surface area (Å²) in [6.45, 7) is 3.51. The highest BCUT2D eigenvalue weighted by Gasteiger charge is 2.60. The Kier molecular flexibility index (Phi) is 8.81. The molecule has 2 amide bonds. The van der Waals surface area contributed by atoms with E-state index in [2.05, 4.69) is 9.64 Å². The fraction of sp³-hybridized carbons (Fsp3) is 0.667. The average Bonchev–Trinajstić information content (AvgIpc) is 3.27. The molecular formula is C27H33F6N3O5. The van der Waals surface area contributed by atoms with Crippen molar-refractivity contribution in [2.75, 3.05) is 32.7 Å². The summed E-state index contributed by atoms with van der Waals surface area (Å²) in [5, 5.41) is 9.26. The Morgan fingerprint density at radius 1 is 0.951 bits per heavy atom. The minimum absolute atomic E-state index is 0.0595. The van der Waals surface area contributed by atoms with Crippen LogP contribution in [0.25, 0.3) is 0 Å². The van der Waals surface area contributed by atoms with Crippen LogP contribution in [-0.4, -0.2) is 94.5 Å². The number of alkyl halides is 6. The number of benzene rings is 1. The summed E-state index contributed by atoms with van der Waals surface area (Å²) in [7, 11) is 0. The Hall–Kier alpha value is -3.03. The van der Waals surface area contributed by atoms with Gasteiger partial charge in [-0.25, -0.2) is 4.79 Å². The number of aryl methyl sites for hydroxylation is 1. The smallest absolute Gasteiger partial charge is 0.434 e. The lowest BCUT2D eigenvalue weighted by Crippen LogP contribution is -2.54. The van der Waals surface area contributed by atoms with E-state index in [4.69, 9.17) is 0 Å². The number of halogens is 6. The van der Waals surface area contributed by atoms with E-state index in [1.165, 1.54) is 0 Å². The number of carbonyl (C=O) groups is 3. The summed E-state index contributed by atoms with van der Waals surface area (Å²) in [5.41, 5.74) is 1.76. The first-order valence-corrected chi connectivity index (χ1v) is 13.6. The highest BCUT2D eigenvalue weighted by Crippen LogP contribution is 2.41. The van der Waals surface area contributed by atoms with Crippen molar-refractivity contribution in [3.05, 3.63) is 34.9 Å². The summed E-state index contributed by atoms with van der Waals surface area (Å²) in [6, 6.07) is 5.57. The van der Waals surface area contributed by atoms with E-state index in [-0.39, 0.29) is 19.0 Å². The maximum Gasteiger partial charge on any atom is 0.434 e. The lowest BCUT2D eigenvalue weighted by molar-refractivity contribution is -0.308. The first-order chi connectivity index (χ1) is 19.1. The van der Waals surface area contributed by atoms with Gasteiger partial charge in [-0.3, -0.25) is 14.5 Å². The summed E-state index contributed by atoms with van der Waals surface area (Å²) < 4.78 is 81.0. The van der Waals surface area contributed by atoms with Crippen molar-refractivity contribution >= 4 is 18.0 Å². The number of nitrogens with zero attached hydrogens (tertiary/aromatic N) is 3. The molecule has 228 valence electrons. The second-order valence-electron chi connectivity index (χ2n) is 11.1. The van der Waals surface area contributed by atoms with E-state index in [1.54, 1.807) is 11.0 Å². The molecule has 1 aromatic carbocycles. The van der Waals surface area contributed by atoms with Crippen molar-refractivity contribution in [2.45, 2.75) is 76.0 Å². The standard InChI is InChI=1S/C27H33F6N3O5/c1-17-3-4-19(20(15-17)21(37)34-11-5-18(6-12-34)22(38)39)16-36-10-2-7-25(36)8-13-35(14-9-25)24(40)41-23(26(28,29)30)27(31,32)33/h3-4,15,18,23H,2,5-14,16H2,1H3,(H,38,39). The molecule has 0 atom stereocenters. The highest BCUT2D eigenvalue weighted by atomic mass is 19.4. The van der Waals surface area contributed by atoms with Gasteiger partial charge >= 0.3 is 24.4 Å². The van der Waals surface area contributed by atoms with Gasteiger partial charge in [0.1, 0.15) is 0 Å². The molecule has 0 aliphatic carbocycles. The van der Waals surface area contributed by atoms with E-state index in [0.717, 1.165) is 28.9 Å². The number of amides is 2. The molecule has 3 heterocycles. The Morgan fingerprint density at radius 2 is 1.56 bits per heavy atom. The molecule has 3 aliphatic rings. The number of carboxylic acids is 1. The van der Waals surface area contributed by atoms with Crippen LogP contribution in [0, 0.1) is 12.8 Å². The maximum absolute atomic E-state index is 13.5. The van der Waals surface area contributed by atoms with Crippen molar-refractivity contribution in [3.63, 3.8) is 0 Å². The molecule has 0 aromatic heterocycles. The van der Waals surface area contributed by atoms with Crippen molar-refractivity contribution in [1.82, 2.24) is 14.7 Å². The second-order valence-corrected chi connectivity index (χ2v) is 11.1. The van der Waals surface area contributed by atoms with E-state index in [9.17, 15) is 45.8 Å². The van der Waals surface area contributed by atoms with Crippen molar-refractivity contribution in [3.8, 4) is 0 Å². The van der Waals surface area contributed by atoms with Gasteiger partial charge in [-0.05, 0) is 63.6 Å². The monoisotopic (exact) mass is 593 g/mol. The summed E-state index contributed by atoms with van der Waals surface area (Å²) in [5.74, 6) is -1.52. The Balaban J connectivity index is 1.43. The molecule has 3 fully saturated rings. The number of likely N-dealkylation sites (tertiary alicyclic amines) is 3. The Bertz CT molecular complexity index is 1130. The first-order valence-electron chi connectivity index (χ1n) is 13.6. The zero-order chi connectivity index (χ0) is 30.2. The largest absolute Gasteiger partial charge is 0.481 e. The number of carbonyl (C=O) groups excluding carboxylic acids is 2. The third-order valence-corrected chi connectivity index (χ3v) is 8.49. The van der Waals surface area contributed by atoms with Gasteiger partial charge in [0.05, 0.1) is 5.92 Å². The number of ether oxygens (including phenoxy) is 1. The predicted octanol–water partition coefficient (Wildman–Crippen LogP) is 4.99. The number of aliphatic carboxylic acids is 1. The number of piperidine rings is 2. The van der Waals surface area contributed by atoms with Crippen LogP contribution in [0.3, 0.4) is 0 Å². The molecule has 14 heteroatoms. The molecule has 0 radical (unpaired) electrons. The van der Waals surface area contributed by atoms with Crippen LogP contribution >= 0.6 is 0 Å². The molecule has 4 rings (SSSR count). The van der Waals surface area contributed by atoms with Crippen molar-refractivity contribution < 1.29 is 50.6 Å². The van der Waals surface area contributed by atoms with Crippen LogP contribution in [0.4, 0.5) is 31.1 Å². The lowest BCUT2D eigenvalue weighted by atomic mass is 9.84. The van der Waals surface area contributed by atoms with Crippen LogP contribution < -0.4 is 0 Å². The molecule has 3 saturated heterocycles. The molecule has 1 aromatic rings. The molecule has 3 aliphatic heterocycles. The third kappa shape index (κ3) is 6.90. The molecule has 0 bridgehead atoms. The van der Waals surface area contributed by atoms with Gasteiger partial charge < -0.3 is 19.6 Å². The van der Waals surface area contributed by atoms with Gasteiger partial charge in [0.25, 0.3) is 12.0 Å². The topological polar surface area (TPSA) is 90.4 Å². The fourth-order valence-corrected chi connectivity index (χ4v) is 6.14. The van der Waals surface area contributed by atoms with Gasteiger partial charge in [0.15, 0.2) is 0 Å². The molecule has 41 heavy (non-hydrogen) atoms. The van der Waals surface area contributed by atoms with E-state index in [0.29, 0.717) is 57.4 Å². The first kappa shape index (κ1) is 30.9. The molecule has 8 nitrogen and oxygen atoms in total.